The van der Waals surface area contributed by atoms with Crippen LogP contribution in [-0.2, 0) is 20.0 Å². The molecule has 0 amide bonds. The fourth-order valence-corrected chi connectivity index (χ4v) is 4.81. The molecule has 0 saturated carbocycles. The van der Waals surface area contributed by atoms with E-state index in [1.165, 1.54) is 42.7 Å². The van der Waals surface area contributed by atoms with Crippen LogP contribution in [0.15, 0.2) is 58.6 Å². The van der Waals surface area contributed by atoms with Crippen molar-refractivity contribution < 1.29 is 16.8 Å². The number of rotatable bonds is 8. The van der Waals surface area contributed by atoms with E-state index in [1.54, 1.807) is 0 Å². The van der Waals surface area contributed by atoms with Crippen molar-refractivity contribution in [1.29, 1.82) is 0 Å². The zero-order chi connectivity index (χ0) is 18.5. The number of hydrogen-bond acceptors (Lipinski definition) is 5. The molecular weight excluding hydrogens is 362 g/mol. The fraction of sp³-hybridized carbons (Fsp3) is 0.312. The molecule has 7 nitrogen and oxygen atoms in total. The van der Waals surface area contributed by atoms with Gasteiger partial charge in [-0.15, -0.1) is 0 Å². The molecule has 0 unspecified atom stereocenters. The molecule has 25 heavy (non-hydrogen) atoms. The standard InChI is InChI=1S/C16H21N3O4S2/c1-3-13(4-2)18-24(20,21)15-6-5-7-16(12-15)25(22,23)19-14-8-10-17-11-9-14/h5-13,18H,3-4H2,1-2H3,(H,17,19). The van der Waals surface area contributed by atoms with Gasteiger partial charge < -0.3 is 0 Å². The van der Waals surface area contributed by atoms with Crippen molar-refractivity contribution in [3.05, 3.63) is 48.8 Å². The topological polar surface area (TPSA) is 105 Å². The molecule has 0 bridgehead atoms. The lowest BCUT2D eigenvalue weighted by Gasteiger charge is -2.15. The number of anilines is 1. The Hall–Kier alpha value is -1.97. The SMILES string of the molecule is CCC(CC)NS(=O)(=O)c1cccc(S(=O)(=O)Nc2ccncc2)c1. The number of nitrogens with zero attached hydrogens (tertiary/aromatic N) is 1. The van der Waals surface area contributed by atoms with Crippen LogP contribution in [0.25, 0.3) is 0 Å². The predicted octanol–water partition coefficient (Wildman–Crippen LogP) is 2.35. The second-order valence-corrected chi connectivity index (χ2v) is 8.85. The van der Waals surface area contributed by atoms with Gasteiger partial charge in [0.1, 0.15) is 0 Å². The molecule has 136 valence electrons. The smallest absolute Gasteiger partial charge is 0.261 e. The Morgan fingerprint density at radius 2 is 1.48 bits per heavy atom. The zero-order valence-corrected chi connectivity index (χ0v) is 15.6. The molecule has 0 aliphatic heterocycles. The van der Waals surface area contributed by atoms with Gasteiger partial charge in [-0.2, -0.15) is 0 Å². The Kier molecular flexibility index (Phi) is 6.15. The largest absolute Gasteiger partial charge is 0.280 e. The van der Waals surface area contributed by atoms with E-state index in [9.17, 15) is 16.8 Å². The summed E-state index contributed by atoms with van der Waals surface area (Å²) in [6.45, 7) is 3.77. The lowest BCUT2D eigenvalue weighted by molar-refractivity contribution is 0.530. The van der Waals surface area contributed by atoms with Gasteiger partial charge >= 0.3 is 0 Å². The molecule has 2 rings (SSSR count). The summed E-state index contributed by atoms with van der Waals surface area (Å²) in [7, 11) is -7.70. The molecule has 0 aliphatic carbocycles. The van der Waals surface area contributed by atoms with E-state index >= 15 is 0 Å². The summed E-state index contributed by atoms with van der Waals surface area (Å²) in [5, 5.41) is 0. The minimum Gasteiger partial charge on any atom is -0.280 e. The highest BCUT2D eigenvalue weighted by Gasteiger charge is 2.21. The summed E-state index contributed by atoms with van der Waals surface area (Å²) in [5.74, 6) is 0. The van der Waals surface area contributed by atoms with Crippen molar-refractivity contribution in [1.82, 2.24) is 9.71 Å². The van der Waals surface area contributed by atoms with Crippen LogP contribution in [0, 0.1) is 0 Å². The number of nitrogens with one attached hydrogen (secondary N) is 2. The Labute approximate surface area is 148 Å². The van der Waals surface area contributed by atoms with Gasteiger partial charge in [-0.05, 0) is 43.2 Å². The maximum absolute atomic E-state index is 12.5. The summed E-state index contributed by atoms with van der Waals surface area (Å²) in [5.41, 5.74) is 0.346. The second kappa shape index (κ2) is 7.94. The molecule has 1 heterocycles. The van der Waals surface area contributed by atoms with E-state index in [0.29, 0.717) is 18.5 Å². The van der Waals surface area contributed by atoms with Crippen molar-refractivity contribution >= 4 is 25.7 Å². The molecule has 2 N–H and O–H groups in total. The van der Waals surface area contributed by atoms with Crippen molar-refractivity contribution in [2.45, 2.75) is 42.5 Å². The summed E-state index contributed by atoms with van der Waals surface area (Å²) >= 11 is 0. The van der Waals surface area contributed by atoms with Crippen LogP contribution in [-0.4, -0.2) is 27.9 Å². The van der Waals surface area contributed by atoms with Crippen molar-refractivity contribution in [2.24, 2.45) is 0 Å². The first-order valence-electron chi connectivity index (χ1n) is 7.83. The molecular formula is C16H21N3O4S2. The van der Waals surface area contributed by atoms with E-state index in [4.69, 9.17) is 0 Å². The number of aromatic nitrogens is 1. The monoisotopic (exact) mass is 383 g/mol. The van der Waals surface area contributed by atoms with Crippen LogP contribution < -0.4 is 9.44 Å². The summed E-state index contributed by atoms with van der Waals surface area (Å²) in [4.78, 5) is 3.60. The molecule has 9 heteroatoms. The molecule has 1 aromatic heterocycles. The van der Waals surface area contributed by atoms with Crippen LogP contribution in [0.4, 0.5) is 5.69 Å². The van der Waals surface area contributed by atoms with Crippen LogP contribution in [0.3, 0.4) is 0 Å². The normalized spacial score (nSPS) is 12.3. The first kappa shape index (κ1) is 19.4. The number of hydrogen-bond donors (Lipinski definition) is 2. The van der Waals surface area contributed by atoms with Crippen LogP contribution in [0.5, 0.6) is 0 Å². The minimum atomic E-state index is -3.91. The molecule has 0 atom stereocenters. The molecule has 0 radical (unpaired) electrons. The van der Waals surface area contributed by atoms with Gasteiger partial charge in [0.2, 0.25) is 10.0 Å². The summed E-state index contributed by atoms with van der Waals surface area (Å²) < 4.78 is 54.8. The van der Waals surface area contributed by atoms with Gasteiger partial charge in [0, 0.05) is 18.4 Å². The summed E-state index contributed by atoms with van der Waals surface area (Å²) in [6, 6.07) is 8.09. The molecule has 1 aromatic carbocycles. The Balaban J connectivity index is 2.32. The molecule has 0 saturated heterocycles. The Morgan fingerprint density at radius 3 is 2.04 bits per heavy atom. The van der Waals surface area contributed by atoms with Crippen LogP contribution in [0.2, 0.25) is 0 Å². The Bertz CT molecular complexity index is 909. The summed E-state index contributed by atoms with van der Waals surface area (Å²) in [6.07, 6.45) is 4.21. The van der Waals surface area contributed by atoms with Crippen molar-refractivity contribution in [3.8, 4) is 0 Å². The van der Waals surface area contributed by atoms with E-state index in [0.717, 1.165) is 6.07 Å². The average molecular weight is 383 g/mol. The number of sulfonamides is 2. The quantitative estimate of drug-likeness (QED) is 0.728. The highest BCUT2D eigenvalue weighted by Crippen LogP contribution is 2.19. The van der Waals surface area contributed by atoms with Gasteiger partial charge in [-0.25, -0.2) is 21.6 Å². The number of pyridine rings is 1. The predicted molar refractivity (Wildman–Crippen MR) is 96.2 cm³/mol. The lowest BCUT2D eigenvalue weighted by Crippen LogP contribution is -2.33. The third kappa shape index (κ3) is 5.00. The molecule has 0 fully saturated rings. The maximum Gasteiger partial charge on any atom is 0.261 e. The molecule has 2 aromatic rings. The van der Waals surface area contributed by atoms with Crippen LogP contribution in [0.1, 0.15) is 26.7 Å². The molecule has 0 aliphatic rings. The second-order valence-electron chi connectivity index (χ2n) is 5.45. The fourth-order valence-electron chi connectivity index (χ4n) is 2.19. The third-order valence-corrected chi connectivity index (χ3v) is 6.56. The van der Waals surface area contributed by atoms with Gasteiger partial charge in [-0.1, -0.05) is 19.9 Å². The highest BCUT2D eigenvalue weighted by atomic mass is 32.2. The molecule has 0 spiro atoms. The zero-order valence-electron chi connectivity index (χ0n) is 14.0. The van der Waals surface area contributed by atoms with Gasteiger partial charge in [0.05, 0.1) is 15.5 Å². The Morgan fingerprint density at radius 1 is 0.920 bits per heavy atom. The van der Waals surface area contributed by atoms with Crippen molar-refractivity contribution in [2.75, 3.05) is 4.72 Å². The van der Waals surface area contributed by atoms with Gasteiger partial charge in [-0.3, -0.25) is 9.71 Å². The minimum absolute atomic E-state index is 0.0861. The maximum atomic E-state index is 12.5. The highest BCUT2D eigenvalue weighted by molar-refractivity contribution is 7.93. The van der Waals surface area contributed by atoms with E-state index in [-0.39, 0.29) is 15.8 Å². The first-order chi connectivity index (χ1) is 11.8. The number of benzene rings is 1. The van der Waals surface area contributed by atoms with Crippen LogP contribution >= 0.6 is 0 Å². The van der Waals surface area contributed by atoms with E-state index in [1.807, 2.05) is 13.8 Å². The first-order valence-corrected chi connectivity index (χ1v) is 10.8. The average Bonchev–Trinajstić information content (AvgIpc) is 2.60. The van der Waals surface area contributed by atoms with E-state index < -0.39 is 20.0 Å². The van der Waals surface area contributed by atoms with Crippen molar-refractivity contribution in [3.63, 3.8) is 0 Å². The van der Waals surface area contributed by atoms with Gasteiger partial charge in [0.25, 0.3) is 10.0 Å². The lowest BCUT2D eigenvalue weighted by atomic mass is 10.2. The van der Waals surface area contributed by atoms with E-state index in [2.05, 4.69) is 14.4 Å². The third-order valence-electron chi connectivity index (χ3n) is 3.67. The van der Waals surface area contributed by atoms with Gasteiger partial charge in [0.15, 0.2) is 0 Å².